The maximum absolute atomic E-state index is 15.2. The smallest absolute Gasteiger partial charge is 0.344 e. The number of esters is 3. The van der Waals surface area contributed by atoms with Crippen molar-refractivity contribution in [3.63, 3.8) is 0 Å². The Morgan fingerprint density at radius 1 is 0.808 bits per heavy atom. The fraction of sp³-hybridized carbons (Fsp3) is 0.528. The van der Waals surface area contributed by atoms with Gasteiger partial charge in [0.15, 0.2) is 30.5 Å². The van der Waals surface area contributed by atoms with Gasteiger partial charge in [-0.05, 0) is 61.4 Å². The highest BCUT2D eigenvalue weighted by Crippen LogP contribution is 2.68. The highest BCUT2D eigenvalue weighted by molar-refractivity contribution is 5.95. The summed E-state index contributed by atoms with van der Waals surface area (Å²) in [6.07, 6.45) is -1.39. The largest absolute Gasteiger partial charge is 0.496 e. The Balaban J connectivity index is 0.000000398. The third kappa shape index (κ3) is 9.54. The molecule has 426 valence electrons. The number of nitrogens with one attached hydrogen (secondary N) is 1. The van der Waals surface area contributed by atoms with Gasteiger partial charge in [0.05, 0.1) is 27.4 Å². The number of benzene rings is 2. The van der Waals surface area contributed by atoms with Crippen LogP contribution in [0.2, 0.25) is 0 Å². The van der Waals surface area contributed by atoms with Crippen molar-refractivity contribution in [3.05, 3.63) is 82.6 Å². The first-order valence-electron chi connectivity index (χ1n) is 24.9. The number of carbonyl (C=O) groups excluding carboxylic acids is 3. The number of para-hydroxylation sites is 1. The van der Waals surface area contributed by atoms with E-state index in [4.69, 9.17) is 59.8 Å². The molecule has 1 saturated heterocycles. The molecule has 78 heavy (non-hydrogen) atoms. The number of carbonyl (C=O) groups is 7. The molecule has 6 aliphatic rings. The van der Waals surface area contributed by atoms with Crippen LogP contribution < -0.4 is 9.64 Å². The summed E-state index contributed by atoms with van der Waals surface area (Å²) in [7, 11) is 6.22. The van der Waals surface area contributed by atoms with Crippen LogP contribution in [0.15, 0.2) is 60.2 Å². The summed E-state index contributed by atoms with van der Waals surface area (Å²) in [5.74, 6) is -8.39. The molecule has 0 amide bonds. The van der Waals surface area contributed by atoms with Crippen molar-refractivity contribution in [2.45, 2.75) is 112 Å². The lowest BCUT2D eigenvalue weighted by Crippen LogP contribution is -2.81. The monoisotopic (exact) mass is 1100 g/mol. The van der Waals surface area contributed by atoms with Crippen LogP contribution in [0.1, 0.15) is 68.8 Å². The van der Waals surface area contributed by atoms with Gasteiger partial charge in [-0.25, -0.2) is 24.0 Å². The minimum atomic E-state index is -2.27. The first-order chi connectivity index (χ1) is 36.3. The van der Waals surface area contributed by atoms with Crippen molar-refractivity contribution in [3.8, 4) is 5.75 Å². The van der Waals surface area contributed by atoms with Gasteiger partial charge in [-0.3, -0.25) is 19.4 Å². The summed E-state index contributed by atoms with van der Waals surface area (Å²) >= 11 is 0. The molecule has 5 unspecified atom stereocenters. The molecule has 9 rings (SSSR count). The van der Waals surface area contributed by atoms with Crippen LogP contribution in [0.25, 0.3) is 10.9 Å². The predicted molar refractivity (Wildman–Crippen MR) is 272 cm³/mol. The number of likely N-dealkylation sites (N-methyl/N-ethyl adjacent to an activating group) is 1. The summed E-state index contributed by atoms with van der Waals surface area (Å²) < 4.78 is 23.9. The number of ether oxygens (including phenoxy) is 4. The second-order valence-electron chi connectivity index (χ2n) is 20.3. The molecule has 25 nitrogen and oxygen atoms in total. The third-order valence-electron chi connectivity index (χ3n) is 16.4. The first kappa shape index (κ1) is 60.3. The molecule has 3 aromatic rings. The van der Waals surface area contributed by atoms with Crippen LogP contribution in [0.4, 0.5) is 5.69 Å². The molecule has 2 bridgehead atoms. The average Bonchev–Trinajstić information content (AvgIpc) is 4.11. The molecule has 2 aromatic carbocycles. The lowest BCUT2D eigenvalue weighted by Gasteiger charge is -2.63. The zero-order valence-corrected chi connectivity index (χ0v) is 44.0. The summed E-state index contributed by atoms with van der Waals surface area (Å²) in [6.45, 7) is 9.19. The Morgan fingerprint density at radius 2 is 1.40 bits per heavy atom. The van der Waals surface area contributed by atoms with Crippen molar-refractivity contribution >= 4 is 58.4 Å². The Bertz CT molecular complexity index is 2830. The number of aliphatic carboxylic acids is 4. The lowest BCUT2D eigenvalue weighted by atomic mass is 9.47. The maximum Gasteiger partial charge on any atom is 0.344 e. The van der Waals surface area contributed by atoms with E-state index in [9.17, 15) is 33.9 Å². The molecule has 1 spiro atoms. The molecular weight excluding hydrogens is 1030 g/mol. The zero-order valence-electron chi connectivity index (χ0n) is 44.0. The molecule has 0 radical (unpaired) electrons. The lowest BCUT2D eigenvalue weighted by molar-refractivity contribution is -0.228. The van der Waals surface area contributed by atoms with Crippen LogP contribution in [-0.2, 0) is 65.1 Å². The molecule has 25 heteroatoms. The topological polar surface area (TPSA) is 395 Å². The number of methoxy groups -OCH3 is 3. The third-order valence-corrected chi connectivity index (χ3v) is 16.4. The second-order valence-corrected chi connectivity index (χ2v) is 20.3. The van der Waals surface area contributed by atoms with Gasteiger partial charge in [0.2, 0.25) is 5.60 Å². The van der Waals surface area contributed by atoms with Crippen molar-refractivity contribution in [1.82, 2.24) is 14.8 Å². The minimum absolute atomic E-state index is 0. The number of hydrogen-bond acceptors (Lipinski definition) is 19. The van der Waals surface area contributed by atoms with E-state index in [1.54, 1.807) is 7.11 Å². The van der Waals surface area contributed by atoms with E-state index in [2.05, 4.69) is 58.1 Å². The zero-order chi connectivity index (χ0) is 56.9. The van der Waals surface area contributed by atoms with Crippen LogP contribution >= 0.6 is 0 Å². The molecule has 1 aromatic heterocycles. The Morgan fingerprint density at radius 3 is 1.92 bits per heavy atom. The number of carboxylic acid groups (broad SMARTS) is 4. The highest BCUT2D eigenvalue weighted by Gasteiger charge is 2.80. The Labute approximate surface area is 447 Å². The van der Waals surface area contributed by atoms with Gasteiger partial charge in [-0.2, -0.15) is 0 Å². The van der Waals surface area contributed by atoms with Gasteiger partial charge < -0.3 is 80.3 Å². The van der Waals surface area contributed by atoms with E-state index >= 15 is 4.79 Å². The molecule has 5 aliphatic heterocycles. The van der Waals surface area contributed by atoms with Crippen LogP contribution in [0.3, 0.4) is 0 Å². The number of hydrogen-bond donors (Lipinski definition) is 10. The standard InChI is InChI=1S/C45H54N4O8.2C4H6O6.H2O/c1-8-27-19-28-22-44(40(51)55-6,36-30(25-48(23-27)24-28)29-13-10-11-14-33(29)46-36)32-20-31-34(21-35(32)54-5)47(4)38-43(31)16-18-49-17-12-15-42(9-2,37(43)49)39(57-26(3)50)45(38,53)41(52)56-7;2*5-1(3(7)8)2(6)4(9)10;/h10-15,19-21,28,37-39,46,53H,8-9,16-18,22-25H2,1-7H3;2*1-2,5-6H,(H,7,8)(H,9,10);1H2/t28-,37-,38+,39+,42+,43+,44-,45-;;;/m0.../s1. The first-order valence-corrected chi connectivity index (χ1v) is 24.9. The Hall–Kier alpha value is -6.97. The SMILES string of the molecule is CCC1=C[C@@H]2CN(C1)Cc1c([nH]c3ccccc13)[C@@](C(=O)OC)(c1cc3c(cc1OC)N(C)[C@H]1[C@@](O)(C(=O)OC)[C@H](OC(C)=O)[C@]4(CC)C=CCN5CC[C@]31[C@@H]54)C2.O.O=C(O)C(O)C(O)C(=O)O.O=C(O)C(O)C(O)C(=O)O. The van der Waals surface area contributed by atoms with Crippen molar-refractivity contribution < 1.29 is 104 Å². The van der Waals surface area contributed by atoms with E-state index in [1.807, 2.05) is 37.1 Å². The van der Waals surface area contributed by atoms with Crippen LogP contribution in [0.5, 0.6) is 5.75 Å². The number of carboxylic acids is 4. The van der Waals surface area contributed by atoms with Crippen molar-refractivity contribution in [1.29, 1.82) is 0 Å². The minimum Gasteiger partial charge on any atom is -0.496 e. The van der Waals surface area contributed by atoms with Gasteiger partial charge in [-0.1, -0.05) is 55.8 Å². The maximum atomic E-state index is 15.2. The number of fused-ring (bicyclic) bond motifs is 6. The van der Waals surface area contributed by atoms with E-state index in [0.29, 0.717) is 50.2 Å². The summed E-state index contributed by atoms with van der Waals surface area (Å²) in [5, 5.41) is 79.4. The summed E-state index contributed by atoms with van der Waals surface area (Å²) in [6, 6.07) is 11.2. The number of aliphatic hydroxyl groups excluding tert-OH is 4. The Kier molecular flexibility index (Phi) is 17.6. The van der Waals surface area contributed by atoms with Crippen LogP contribution in [-0.4, -0.2) is 211 Å². The normalized spacial score (nSPS) is 29.6. The number of aromatic amines is 1. The highest BCUT2D eigenvalue weighted by atomic mass is 16.6. The molecule has 1 aliphatic carbocycles. The van der Waals surface area contributed by atoms with Gasteiger partial charge in [-0.15, -0.1) is 0 Å². The van der Waals surface area contributed by atoms with Crippen LogP contribution in [0, 0.1) is 11.3 Å². The van der Waals surface area contributed by atoms with E-state index in [1.165, 1.54) is 26.7 Å². The van der Waals surface area contributed by atoms with E-state index in [-0.39, 0.29) is 23.4 Å². The van der Waals surface area contributed by atoms with E-state index in [0.717, 1.165) is 52.9 Å². The number of aliphatic hydroxyl groups is 5. The molecule has 12 N–H and O–H groups in total. The fourth-order valence-electron chi connectivity index (χ4n) is 13.4. The second kappa shape index (κ2) is 22.8. The fourth-order valence-corrected chi connectivity index (χ4v) is 13.4. The quantitative estimate of drug-likeness (QED) is 0.0596. The number of rotatable bonds is 13. The van der Waals surface area contributed by atoms with Crippen molar-refractivity contribution in [2.75, 3.05) is 59.5 Å². The number of nitrogens with zero attached hydrogens (tertiary/aromatic N) is 3. The van der Waals surface area contributed by atoms with Gasteiger partial charge >= 0.3 is 41.8 Å². The summed E-state index contributed by atoms with van der Waals surface area (Å²) in [4.78, 5) is 92.2. The average molecular weight is 1100 g/mol. The van der Waals surface area contributed by atoms with Gasteiger partial charge in [0.25, 0.3) is 0 Å². The molecular formula is C53H68N4O21. The number of H-pyrrole nitrogens is 1. The number of aromatic nitrogens is 1. The molecule has 1 saturated carbocycles. The van der Waals surface area contributed by atoms with Crippen molar-refractivity contribution in [2.24, 2.45) is 11.3 Å². The molecule has 13 atom stereocenters. The molecule has 6 heterocycles. The summed E-state index contributed by atoms with van der Waals surface area (Å²) in [5.41, 5.74) is 1.05. The van der Waals surface area contributed by atoms with Gasteiger partial charge in [0, 0.05) is 90.9 Å². The van der Waals surface area contributed by atoms with Gasteiger partial charge in [0.1, 0.15) is 11.2 Å². The van der Waals surface area contributed by atoms with E-state index < -0.39 is 94.2 Å². The predicted octanol–water partition coefficient (Wildman–Crippen LogP) is -0.316. The molecule has 2 fully saturated rings. The number of anilines is 1.